The van der Waals surface area contributed by atoms with Crippen molar-refractivity contribution < 1.29 is 22.4 Å². The molecule has 0 unspecified atom stereocenters. The molecule has 0 bridgehead atoms. The molecule has 10 nitrogen and oxygen atoms in total. The number of halogens is 1. The molecule has 12 heteroatoms. The zero-order chi connectivity index (χ0) is 23.6. The molecular weight excluding hydrogens is 494 g/mol. The van der Waals surface area contributed by atoms with Crippen LogP contribution in [0.4, 0.5) is 0 Å². The second-order valence-electron chi connectivity index (χ2n) is 8.30. The number of hydrogen-bond donors (Lipinski definition) is 2. The first-order chi connectivity index (χ1) is 16.3. The summed E-state index contributed by atoms with van der Waals surface area (Å²) in [5, 5.41) is 9.31. The Morgan fingerprint density at radius 1 is 1.00 bits per heavy atom. The predicted molar refractivity (Wildman–Crippen MR) is 132 cm³/mol. The van der Waals surface area contributed by atoms with Crippen LogP contribution in [0, 0.1) is 0 Å². The highest BCUT2D eigenvalue weighted by atomic mass is 35.5. The van der Waals surface area contributed by atoms with Crippen LogP contribution in [0.1, 0.15) is 16.7 Å². The van der Waals surface area contributed by atoms with E-state index in [0.29, 0.717) is 29.7 Å². The van der Waals surface area contributed by atoms with Gasteiger partial charge < -0.3 is 8.98 Å². The largest absolute Gasteiger partial charge is 0.464 e. The quantitative estimate of drug-likeness (QED) is 0.400. The molecule has 0 saturated heterocycles. The highest BCUT2D eigenvalue weighted by Gasteiger charge is 2.36. The lowest BCUT2D eigenvalue weighted by Gasteiger charge is -2.23. The van der Waals surface area contributed by atoms with Gasteiger partial charge in [-0.2, -0.15) is 12.7 Å². The Kier molecular flexibility index (Phi) is 5.52. The number of furan rings is 1. The van der Waals surface area contributed by atoms with Gasteiger partial charge in [-0.3, -0.25) is 19.9 Å². The average molecular weight is 514 g/mol. The molecule has 0 saturated carbocycles. The Bertz CT molecular complexity index is 1670. The molecule has 6 rings (SSSR count). The molecule has 180 valence electrons. The van der Waals surface area contributed by atoms with Crippen molar-refractivity contribution in [3.05, 3.63) is 65.8 Å². The number of imide groups is 1. The molecule has 0 fully saturated rings. The second-order valence-corrected chi connectivity index (χ2v) is 9.85. The number of nitrogens with one attached hydrogen (secondary N) is 1. The minimum atomic E-state index is -3.84. The molecule has 1 aromatic carbocycles. The summed E-state index contributed by atoms with van der Waals surface area (Å²) >= 11 is 0. The van der Waals surface area contributed by atoms with Gasteiger partial charge in [-0.1, -0.05) is 18.2 Å². The van der Waals surface area contributed by atoms with Gasteiger partial charge in [0.05, 0.1) is 22.9 Å². The Morgan fingerprint density at radius 2 is 1.77 bits per heavy atom. The van der Waals surface area contributed by atoms with Crippen molar-refractivity contribution in [1.82, 2.24) is 19.2 Å². The van der Waals surface area contributed by atoms with E-state index in [1.807, 2.05) is 22.8 Å². The smallest absolute Gasteiger partial charge is 0.276 e. The number of aromatic nitrogens is 2. The number of fused-ring (bicyclic) bond motifs is 1. The molecule has 0 spiro atoms. The molecule has 2 aliphatic heterocycles. The minimum absolute atomic E-state index is 0. The van der Waals surface area contributed by atoms with Gasteiger partial charge in [-0.25, -0.2) is 5.14 Å². The fourth-order valence-corrected chi connectivity index (χ4v) is 5.57. The van der Waals surface area contributed by atoms with Gasteiger partial charge in [0, 0.05) is 60.1 Å². The molecule has 2 aliphatic rings. The van der Waals surface area contributed by atoms with Crippen LogP contribution in [0.2, 0.25) is 0 Å². The van der Waals surface area contributed by atoms with Crippen LogP contribution in [-0.2, 0) is 32.8 Å². The first-order valence-corrected chi connectivity index (χ1v) is 12.1. The summed E-state index contributed by atoms with van der Waals surface area (Å²) < 4.78 is 32.7. The van der Waals surface area contributed by atoms with Crippen molar-refractivity contribution in [3.63, 3.8) is 0 Å². The van der Waals surface area contributed by atoms with Crippen molar-refractivity contribution in [2.75, 3.05) is 13.1 Å². The Balaban J connectivity index is 0.00000253. The number of carbonyl (C=O) groups is 2. The Morgan fingerprint density at radius 3 is 2.54 bits per heavy atom. The fourth-order valence-electron chi connectivity index (χ4n) is 4.88. The van der Waals surface area contributed by atoms with E-state index in [0.717, 1.165) is 21.9 Å². The number of nitrogens with two attached hydrogens (primary N) is 1. The minimum Gasteiger partial charge on any atom is -0.464 e. The third kappa shape index (κ3) is 3.64. The van der Waals surface area contributed by atoms with Gasteiger partial charge in [0.25, 0.3) is 22.0 Å². The number of pyridine rings is 1. The first kappa shape index (κ1) is 23.2. The molecule has 0 radical (unpaired) electrons. The van der Waals surface area contributed by atoms with Crippen LogP contribution < -0.4 is 10.5 Å². The zero-order valence-electron chi connectivity index (χ0n) is 18.2. The summed E-state index contributed by atoms with van der Waals surface area (Å²) in [7, 11) is -3.84. The van der Waals surface area contributed by atoms with Crippen LogP contribution in [-0.4, -0.2) is 47.2 Å². The summed E-state index contributed by atoms with van der Waals surface area (Å²) in [6.45, 7) is 0.804. The number of nitrogens with zero attached hydrogens (tertiary/aromatic N) is 3. The monoisotopic (exact) mass is 513 g/mol. The molecule has 3 aromatic heterocycles. The van der Waals surface area contributed by atoms with E-state index in [2.05, 4.69) is 10.3 Å². The van der Waals surface area contributed by atoms with Crippen LogP contribution in [0.5, 0.6) is 0 Å². The molecule has 35 heavy (non-hydrogen) atoms. The topological polar surface area (TPSA) is 141 Å². The number of carbonyl (C=O) groups excluding carboxylic acids is 2. The summed E-state index contributed by atoms with van der Waals surface area (Å²) in [4.78, 5) is 30.2. The molecular formula is C23H20ClN5O5S. The molecule has 5 heterocycles. The van der Waals surface area contributed by atoms with Gasteiger partial charge in [-0.05, 0) is 18.1 Å². The van der Waals surface area contributed by atoms with Crippen molar-refractivity contribution in [2.24, 2.45) is 5.14 Å². The SMILES string of the molecule is Cl.NS(=O)(=O)N1CCc2cccc3c(C4=C(c5cncc6ccoc56)C(=O)NC4=O)cn(c23)CC1. The Labute approximate surface area is 206 Å². The van der Waals surface area contributed by atoms with Gasteiger partial charge in [0.15, 0.2) is 0 Å². The number of para-hydroxylation sites is 1. The summed E-state index contributed by atoms with van der Waals surface area (Å²) in [5.41, 5.74) is 3.75. The third-order valence-electron chi connectivity index (χ3n) is 6.39. The van der Waals surface area contributed by atoms with E-state index in [-0.39, 0.29) is 36.6 Å². The van der Waals surface area contributed by atoms with E-state index in [9.17, 15) is 18.0 Å². The van der Waals surface area contributed by atoms with Crippen molar-refractivity contribution >= 4 is 67.4 Å². The number of hydrogen-bond acceptors (Lipinski definition) is 6. The first-order valence-electron chi connectivity index (χ1n) is 10.6. The molecule has 3 N–H and O–H groups in total. The lowest BCUT2D eigenvalue weighted by molar-refractivity contribution is -0.122. The lowest BCUT2D eigenvalue weighted by Crippen LogP contribution is -2.40. The molecule has 0 aliphatic carbocycles. The summed E-state index contributed by atoms with van der Waals surface area (Å²) in [5.74, 6) is -1.03. The highest BCUT2D eigenvalue weighted by molar-refractivity contribution is 7.86. The van der Waals surface area contributed by atoms with Gasteiger partial charge in [-0.15, -0.1) is 12.4 Å². The van der Waals surface area contributed by atoms with E-state index < -0.39 is 22.0 Å². The van der Waals surface area contributed by atoms with E-state index in [1.54, 1.807) is 18.5 Å². The normalized spacial score (nSPS) is 16.9. The zero-order valence-corrected chi connectivity index (χ0v) is 19.9. The average Bonchev–Trinajstić information content (AvgIpc) is 3.46. The van der Waals surface area contributed by atoms with Crippen molar-refractivity contribution in [2.45, 2.75) is 13.0 Å². The highest BCUT2D eigenvalue weighted by Crippen LogP contribution is 2.39. The van der Waals surface area contributed by atoms with Crippen molar-refractivity contribution in [3.8, 4) is 0 Å². The van der Waals surface area contributed by atoms with Crippen molar-refractivity contribution in [1.29, 1.82) is 0 Å². The van der Waals surface area contributed by atoms with Crippen LogP contribution >= 0.6 is 12.4 Å². The summed E-state index contributed by atoms with van der Waals surface area (Å²) in [6.07, 6.45) is 6.91. The van der Waals surface area contributed by atoms with Crippen LogP contribution in [0.3, 0.4) is 0 Å². The van der Waals surface area contributed by atoms with Gasteiger partial charge >= 0.3 is 0 Å². The molecule has 0 atom stereocenters. The van der Waals surface area contributed by atoms with Gasteiger partial charge in [0.1, 0.15) is 5.58 Å². The lowest BCUT2D eigenvalue weighted by atomic mass is 9.95. The number of rotatable bonds is 3. The fraction of sp³-hybridized carbons (Fsp3) is 0.174. The van der Waals surface area contributed by atoms with Gasteiger partial charge in [0.2, 0.25) is 0 Å². The van der Waals surface area contributed by atoms with E-state index in [4.69, 9.17) is 9.56 Å². The number of benzene rings is 1. The molecule has 2 amide bonds. The predicted octanol–water partition coefficient (Wildman–Crippen LogP) is 1.83. The second kappa shape index (κ2) is 8.31. The Hall–Kier alpha value is -3.51. The summed E-state index contributed by atoms with van der Waals surface area (Å²) in [6, 6.07) is 7.43. The standard InChI is InChI=1S/C23H19N5O5S.ClH/c24-34(31,32)28-6-4-13-2-1-3-15-17(12-27(7-8-28)20(13)15)19-18(22(29)26-23(19)30)16-11-25-10-14-5-9-33-21(14)16;/h1-3,5,9-12H,4,6-8H2,(H2,24,31,32)(H,26,29,30);1H. The maximum atomic E-state index is 13.1. The van der Waals surface area contributed by atoms with Crippen LogP contribution in [0.25, 0.3) is 33.0 Å². The third-order valence-corrected chi connectivity index (χ3v) is 7.47. The maximum absolute atomic E-state index is 13.1. The van der Waals surface area contributed by atoms with E-state index in [1.165, 1.54) is 16.8 Å². The van der Waals surface area contributed by atoms with Crippen LogP contribution in [0.15, 0.2) is 53.5 Å². The maximum Gasteiger partial charge on any atom is 0.276 e. The molecule has 4 aromatic rings. The van der Waals surface area contributed by atoms with E-state index >= 15 is 0 Å². The number of amides is 2.